The van der Waals surface area contributed by atoms with E-state index >= 15 is 0 Å². The molecule has 2 aliphatic rings. The molecule has 2 saturated heterocycles. The van der Waals surface area contributed by atoms with Gasteiger partial charge in [0.25, 0.3) is 0 Å². The van der Waals surface area contributed by atoms with E-state index in [2.05, 4.69) is 85.9 Å². The van der Waals surface area contributed by atoms with Gasteiger partial charge in [-0.3, -0.25) is 4.90 Å². The number of rotatable bonds is 6. The summed E-state index contributed by atoms with van der Waals surface area (Å²) in [5.74, 6) is 0.639. The molecule has 2 atom stereocenters. The quantitative estimate of drug-likeness (QED) is 0.304. The molecule has 0 spiro atoms. The molecule has 0 saturated carbocycles. The lowest BCUT2D eigenvalue weighted by atomic mass is 10.0. The van der Waals surface area contributed by atoms with Crippen molar-refractivity contribution in [2.45, 2.75) is 44.8 Å². The van der Waals surface area contributed by atoms with Gasteiger partial charge in [-0.25, -0.2) is 4.99 Å². The zero-order valence-corrected chi connectivity index (χ0v) is 21.1. The van der Waals surface area contributed by atoms with Crippen molar-refractivity contribution in [1.29, 1.82) is 0 Å². The first-order chi connectivity index (χ1) is 15.0. The monoisotopic (exact) mass is 446 g/mol. The maximum absolute atomic E-state index is 6.18. The lowest BCUT2D eigenvalue weighted by molar-refractivity contribution is 0.0982. The van der Waals surface area contributed by atoms with Gasteiger partial charge in [0.15, 0.2) is 0 Å². The topological polar surface area (TPSA) is 74.1 Å². The van der Waals surface area contributed by atoms with Crippen LogP contribution >= 0.6 is 9.24 Å². The zero-order chi connectivity index (χ0) is 22.8. The summed E-state index contributed by atoms with van der Waals surface area (Å²) < 4.78 is 0. The molecule has 31 heavy (non-hydrogen) atoms. The molecule has 2 fully saturated rings. The van der Waals surface area contributed by atoms with Crippen LogP contribution in [0.15, 0.2) is 35.3 Å². The summed E-state index contributed by atoms with van der Waals surface area (Å²) in [6.07, 6.45) is 7.75. The van der Waals surface area contributed by atoms with E-state index in [9.17, 15) is 0 Å². The second-order valence-corrected chi connectivity index (χ2v) is 9.15. The summed E-state index contributed by atoms with van der Waals surface area (Å²) in [5.41, 5.74) is 14.3. The predicted molar refractivity (Wildman–Crippen MR) is 140 cm³/mol. The first-order valence-corrected chi connectivity index (χ1v) is 12.3. The van der Waals surface area contributed by atoms with Crippen molar-refractivity contribution in [1.82, 2.24) is 9.80 Å². The highest BCUT2D eigenvalue weighted by atomic mass is 31.0. The highest BCUT2D eigenvalue weighted by Crippen LogP contribution is 2.29. The number of amidine groups is 1. The van der Waals surface area contributed by atoms with Gasteiger partial charge in [0.2, 0.25) is 0 Å². The second-order valence-electron chi connectivity index (χ2n) is 8.43. The maximum Gasteiger partial charge on any atom is 0.110 e. The molecule has 0 radical (unpaired) electrons. The molecule has 0 aliphatic carbocycles. The molecule has 7 heteroatoms. The van der Waals surface area contributed by atoms with Crippen LogP contribution in [0.25, 0.3) is 0 Å². The number of benzene rings is 1. The summed E-state index contributed by atoms with van der Waals surface area (Å²) in [6, 6.07) is 7.23. The highest BCUT2D eigenvalue weighted by molar-refractivity contribution is 7.19. The SMILES string of the molecule is CC/C=C/C(P)C(N)=Nc1ccc(N2CCC(N3CCN(C)CC3)CC2)c(C)c1.CN. The van der Waals surface area contributed by atoms with E-state index in [0.29, 0.717) is 5.84 Å². The molecule has 0 aromatic heterocycles. The van der Waals surface area contributed by atoms with Crippen LogP contribution in [0.5, 0.6) is 0 Å². The average molecular weight is 447 g/mol. The highest BCUT2D eigenvalue weighted by Gasteiger charge is 2.27. The third-order valence-corrected chi connectivity index (χ3v) is 6.78. The average Bonchev–Trinajstić information content (AvgIpc) is 2.79. The number of allylic oxidation sites excluding steroid dienone is 1. The molecule has 2 unspecified atom stereocenters. The Morgan fingerprint density at radius 3 is 2.39 bits per heavy atom. The van der Waals surface area contributed by atoms with Crippen molar-refractivity contribution < 1.29 is 0 Å². The second kappa shape index (κ2) is 13.2. The number of anilines is 1. The van der Waals surface area contributed by atoms with Crippen LogP contribution < -0.4 is 16.4 Å². The van der Waals surface area contributed by atoms with E-state index in [-0.39, 0.29) is 5.66 Å². The molecule has 3 rings (SSSR count). The molecule has 174 valence electrons. The predicted octanol–water partition coefficient (Wildman–Crippen LogP) is 2.98. The fourth-order valence-corrected chi connectivity index (χ4v) is 4.56. The number of piperidine rings is 1. The number of hydrogen-bond acceptors (Lipinski definition) is 5. The number of aliphatic imine (C=N–C) groups is 1. The standard InChI is InChI=1S/C23H38N5P.CH5N/c1-4-5-6-22(29)23(24)25-19-7-8-21(18(2)17-19)28-11-9-20(10-12-28)27-15-13-26(3)14-16-27;1-2/h5-8,17,20,22H,4,9-16,29H2,1-3H3,(H2,24,25);2H2,1H3/b6-5+;. The number of nitrogens with two attached hydrogens (primary N) is 2. The maximum atomic E-state index is 6.18. The van der Waals surface area contributed by atoms with Gasteiger partial charge in [0.1, 0.15) is 5.84 Å². The van der Waals surface area contributed by atoms with Crippen LogP contribution in [0, 0.1) is 6.92 Å². The molecular formula is C24H43N6P. The Morgan fingerprint density at radius 2 is 1.81 bits per heavy atom. The van der Waals surface area contributed by atoms with Gasteiger partial charge >= 0.3 is 0 Å². The number of hydrogen-bond donors (Lipinski definition) is 2. The Morgan fingerprint density at radius 1 is 1.16 bits per heavy atom. The van der Waals surface area contributed by atoms with Crippen molar-refractivity contribution in [3.05, 3.63) is 35.9 Å². The van der Waals surface area contributed by atoms with Gasteiger partial charge in [0.05, 0.1) is 5.69 Å². The fourth-order valence-electron chi connectivity index (χ4n) is 4.33. The minimum absolute atomic E-state index is 0.0866. The van der Waals surface area contributed by atoms with Crippen molar-refractivity contribution in [3.8, 4) is 0 Å². The van der Waals surface area contributed by atoms with Gasteiger partial charge < -0.3 is 21.3 Å². The van der Waals surface area contributed by atoms with Gasteiger partial charge in [0, 0.05) is 56.7 Å². The lowest BCUT2D eigenvalue weighted by Gasteiger charge is -2.42. The summed E-state index contributed by atoms with van der Waals surface area (Å²) in [6.45, 7) is 11.4. The summed E-state index contributed by atoms with van der Waals surface area (Å²) in [7, 11) is 6.48. The first-order valence-electron chi connectivity index (χ1n) is 11.6. The fraction of sp³-hybridized carbons (Fsp3) is 0.625. The van der Waals surface area contributed by atoms with Gasteiger partial charge in [-0.2, -0.15) is 0 Å². The molecule has 2 aliphatic heterocycles. The smallest absolute Gasteiger partial charge is 0.110 e. The summed E-state index contributed by atoms with van der Waals surface area (Å²) in [4.78, 5) is 12.3. The molecule has 2 heterocycles. The van der Waals surface area contributed by atoms with E-state index in [1.54, 1.807) is 0 Å². The Labute approximate surface area is 191 Å². The van der Waals surface area contributed by atoms with Crippen LogP contribution in [-0.4, -0.2) is 80.7 Å². The molecule has 1 aromatic rings. The van der Waals surface area contributed by atoms with Gasteiger partial charge in [-0.1, -0.05) is 19.1 Å². The third-order valence-electron chi connectivity index (χ3n) is 6.22. The van der Waals surface area contributed by atoms with Crippen LogP contribution in [0.2, 0.25) is 0 Å². The molecule has 0 amide bonds. The van der Waals surface area contributed by atoms with Crippen molar-refractivity contribution in [2.24, 2.45) is 16.5 Å². The third kappa shape index (κ3) is 7.57. The molecule has 1 aromatic carbocycles. The number of piperazine rings is 1. The summed E-state index contributed by atoms with van der Waals surface area (Å²) in [5, 5.41) is 0. The van der Waals surface area contributed by atoms with E-state index < -0.39 is 0 Å². The number of aryl methyl sites for hydroxylation is 1. The normalized spacial score (nSPS) is 20.6. The number of nitrogens with zero attached hydrogens (tertiary/aromatic N) is 4. The van der Waals surface area contributed by atoms with Crippen LogP contribution in [-0.2, 0) is 0 Å². The lowest BCUT2D eigenvalue weighted by Crippen LogP contribution is -2.52. The molecular weight excluding hydrogens is 403 g/mol. The van der Waals surface area contributed by atoms with Crippen LogP contribution in [0.3, 0.4) is 0 Å². The van der Waals surface area contributed by atoms with Crippen LogP contribution in [0.1, 0.15) is 31.7 Å². The minimum atomic E-state index is 0.0866. The van der Waals surface area contributed by atoms with Gasteiger partial charge in [-0.05, 0) is 64.0 Å². The van der Waals surface area contributed by atoms with E-state index in [1.807, 2.05) is 0 Å². The van der Waals surface area contributed by atoms with E-state index in [0.717, 1.165) is 31.2 Å². The first kappa shape index (κ1) is 25.8. The van der Waals surface area contributed by atoms with Gasteiger partial charge in [-0.15, -0.1) is 9.24 Å². The Hall–Kier alpha value is -1.46. The van der Waals surface area contributed by atoms with E-state index in [1.165, 1.54) is 57.3 Å². The van der Waals surface area contributed by atoms with E-state index in [4.69, 9.17) is 5.73 Å². The molecule has 0 bridgehead atoms. The Bertz CT molecular complexity index is 719. The van der Waals surface area contributed by atoms with Crippen LogP contribution in [0.4, 0.5) is 11.4 Å². The molecule has 4 N–H and O–H groups in total. The largest absolute Gasteiger partial charge is 0.386 e. The summed E-state index contributed by atoms with van der Waals surface area (Å²) >= 11 is 0. The zero-order valence-electron chi connectivity index (χ0n) is 19.9. The van der Waals surface area contributed by atoms with Crippen molar-refractivity contribution >= 4 is 26.5 Å². The van der Waals surface area contributed by atoms with Crippen molar-refractivity contribution in [3.63, 3.8) is 0 Å². The molecule has 6 nitrogen and oxygen atoms in total. The Kier molecular flexibility index (Phi) is 11.0. The Balaban J connectivity index is 0.00000166. The minimum Gasteiger partial charge on any atom is -0.386 e. The van der Waals surface area contributed by atoms with Crippen molar-refractivity contribution in [2.75, 3.05) is 58.3 Å². The number of likely N-dealkylation sites (N-methyl/N-ethyl adjacent to an activating group) is 1.